The van der Waals surface area contributed by atoms with Gasteiger partial charge in [-0.3, -0.25) is 4.90 Å². The monoisotopic (exact) mass is 511 g/mol. The van der Waals surface area contributed by atoms with Crippen LogP contribution in [-0.4, -0.2) is 35.6 Å². The number of benzene rings is 3. The van der Waals surface area contributed by atoms with E-state index in [9.17, 15) is 22.0 Å². The lowest BCUT2D eigenvalue weighted by atomic mass is 10.1. The zero-order chi connectivity index (χ0) is 26.3. The molecule has 1 fully saturated rings. The first kappa shape index (κ1) is 25.0. The van der Waals surface area contributed by atoms with Gasteiger partial charge in [0.05, 0.1) is 17.1 Å². The van der Waals surface area contributed by atoms with Crippen LogP contribution in [0.15, 0.2) is 60.7 Å². The fraction of sp³-hybridized carbons (Fsp3) is 0.241. The van der Waals surface area contributed by atoms with Gasteiger partial charge in [0.25, 0.3) is 0 Å². The van der Waals surface area contributed by atoms with Crippen LogP contribution < -0.4 is 4.90 Å². The molecule has 0 aliphatic carbocycles. The third-order valence-corrected chi connectivity index (χ3v) is 7.04. The van der Waals surface area contributed by atoms with Crippen molar-refractivity contribution >= 4 is 5.69 Å². The van der Waals surface area contributed by atoms with E-state index in [1.807, 2.05) is 43.3 Å². The molecule has 0 unspecified atom stereocenters. The Hall–Kier alpha value is -3.65. The minimum Gasteiger partial charge on any atom is -0.367 e. The summed E-state index contributed by atoms with van der Waals surface area (Å²) in [6.07, 6.45) is 0. The summed E-state index contributed by atoms with van der Waals surface area (Å²) in [5.41, 5.74) is 3.50. The first-order valence-electron chi connectivity index (χ1n) is 12.1. The van der Waals surface area contributed by atoms with Crippen LogP contribution in [-0.2, 0) is 6.54 Å². The molecule has 0 saturated carbocycles. The molecule has 1 aromatic heterocycles. The summed E-state index contributed by atoms with van der Waals surface area (Å²) in [7, 11) is 0. The number of piperazine rings is 1. The minimum absolute atomic E-state index is 0.0662. The molecular weight excluding hydrogens is 485 g/mol. The molecule has 192 valence electrons. The van der Waals surface area contributed by atoms with Gasteiger partial charge in [0.15, 0.2) is 17.5 Å². The first-order valence-corrected chi connectivity index (χ1v) is 12.1. The van der Waals surface area contributed by atoms with E-state index in [4.69, 9.17) is 0 Å². The largest absolute Gasteiger partial charge is 0.367 e. The molecule has 1 aliphatic rings. The lowest BCUT2D eigenvalue weighted by Crippen LogP contribution is -2.46. The van der Waals surface area contributed by atoms with Crippen LogP contribution in [0.4, 0.5) is 27.6 Å². The van der Waals surface area contributed by atoms with Gasteiger partial charge < -0.3 is 9.47 Å². The minimum atomic E-state index is -1.16. The van der Waals surface area contributed by atoms with Crippen molar-refractivity contribution in [2.75, 3.05) is 31.1 Å². The van der Waals surface area contributed by atoms with E-state index in [-0.39, 0.29) is 16.9 Å². The normalized spacial score (nSPS) is 14.4. The number of halogens is 5. The summed E-state index contributed by atoms with van der Waals surface area (Å²) in [4.78, 5) is 3.91. The van der Waals surface area contributed by atoms with Crippen LogP contribution in [0.5, 0.6) is 0 Å². The van der Waals surface area contributed by atoms with Gasteiger partial charge in [0, 0.05) is 56.1 Å². The van der Waals surface area contributed by atoms with Crippen LogP contribution in [0.3, 0.4) is 0 Å². The fourth-order valence-corrected chi connectivity index (χ4v) is 4.95. The van der Waals surface area contributed by atoms with Gasteiger partial charge in [-0.2, -0.15) is 0 Å². The van der Waals surface area contributed by atoms with Gasteiger partial charge >= 0.3 is 0 Å². The van der Waals surface area contributed by atoms with Crippen molar-refractivity contribution in [1.82, 2.24) is 9.47 Å². The van der Waals surface area contributed by atoms with Gasteiger partial charge in [-0.1, -0.05) is 30.3 Å². The molecule has 0 amide bonds. The molecule has 5 rings (SSSR count). The average Bonchev–Trinajstić information content (AvgIpc) is 3.21. The first-order chi connectivity index (χ1) is 17.7. The summed E-state index contributed by atoms with van der Waals surface area (Å²) in [6, 6.07) is 16.1. The topological polar surface area (TPSA) is 11.4 Å². The molecule has 0 radical (unpaired) electrons. The second-order valence-corrected chi connectivity index (χ2v) is 9.33. The van der Waals surface area contributed by atoms with E-state index in [0.717, 1.165) is 34.6 Å². The number of anilines is 1. The van der Waals surface area contributed by atoms with Crippen molar-refractivity contribution in [2.24, 2.45) is 0 Å². The average molecular weight is 512 g/mol. The maximum Gasteiger partial charge on any atom is 0.164 e. The molecule has 2 heterocycles. The maximum atomic E-state index is 14.8. The number of hydrogen-bond donors (Lipinski definition) is 0. The van der Waals surface area contributed by atoms with E-state index in [1.54, 1.807) is 9.47 Å². The van der Waals surface area contributed by atoms with Gasteiger partial charge in [-0.25, -0.2) is 22.0 Å². The Labute approximate surface area is 212 Å². The van der Waals surface area contributed by atoms with Crippen molar-refractivity contribution in [3.8, 4) is 16.9 Å². The predicted octanol–water partition coefficient (Wildman–Crippen LogP) is 6.78. The van der Waals surface area contributed by atoms with Crippen LogP contribution >= 0.6 is 0 Å². The Kier molecular flexibility index (Phi) is 6.77. The quantitative estimate of drug-likeness (QED) is 0.216. The standard InChI is InChI=1S/C29H26F5N3/c1-18-28(33)24(32)16-27(29(18)34)36-12-10-35(11-13-36)17-21-14-26(20-6-4-3-5-7-20)37(19(21)2)25-9-8-22(30)15-23(25)31/h3-9,14-16H,10-13,17H2,1-2H3. The van der Waals surface area contributed by atoms with E-state index in [2.05, 4.69) is 4.90 Å². The van der Waals surface area contributed by atoms with Gasteiger partial charge in [0.2, 0.25) is 0 Å². The van der Waals surface area contributed by atoms with Gasteiger partial charge in [0.1, 0.15) is 11.6 Å². The van der Waals surface area contributed by atoms with Crippen molar-refractivity contribution in [3.05, 3.63) is 107 Å². The fourth-order valence-electron chi connectivity index (χ4n) is 4.95. The summed E-state index contributed by atoms with van der Waals surface area (Å²) < 4.78 is 72.5. The van der Waals surface area contributed by atoms with Crippen molar-refractivity contribution in [2.45, 2.75) is 20.4 Å². The molecule has 1 aliphatic heterocycles. The summed E-state index contributed by atoms with van der Waals surface area (Å²) >= 11 is 0. The number of nitrogens with zero attached hydrogens (tertiary/aromatic N) is 3. The second-order valence-electron chi connectivity index (χ2n) is 9.33. The van der Waals surface area contributed by atoms with Gasteiger partial charge in [-0.05, 0) is 43.2 Å². The Morgan fingerprint density at radius 3 is 2.08 bits per heavy atom. The highest BCUT2D eigenvalue weighted by molar-refractivity contribution is 5.66. The molecule has 4 aromatic rings. The zero-order valence-electron chi connectivity index (χ0n) is 20.5. The highest BCUT2D eigenvalue weighted by Crippen LogP contribution is 2.32. The van der Waals surface area contributed by atoms with E-state index in [0.29, 0.717) is 32.7 Å². The predicted molar refractivity (Wildman–Crippen MR) is 134 cm³/mol. The van der Waals surface area contributed by atoms with Crippen molar-refractivity contribution in [1.29, 1.82) is 0 Å². The van der Waals surface area contributed by atoms with Crippen LogP contribution in [0.25, 0.3) is 16.9 Å². The molecule has 0 atom stereocenters. The molecule has 0 bridgehead atoms. The highest BCUT2D eigenvalue weighted by Gasteiger charge is 2.25. The molecule has 0 N–H and O–H groups in total. The highest BCUT2D eigenvalue weighted by atomic mass is 19.2. The zero-order valence-corrected chi connectivity index (χ0v) is 20.5. The number of rotatable bonds is 5. The summed E-state index contributed by atoms with van der Waals surface area (Å²) in [6.45, 7) is 5.74. The third kappa shape index (κ3) is 4.73. The molecule has 3 aromatic carbocycles. The molecular formula is C29H26F5N3. The third-order valence-electron chi connectivity index (χ3n) is 7.04. The summed E-state index contributed by atoms with van der Waals surface area (Å²) in [5, 5.41) is 0. The smallest absolute Gasteiger partial charge is 0.164 e. The van der Waals surface area contributed by atoms with Crippen LogP contribution in [0.1, 0.15) is 16.8 Å². The van der Waals surface area contributed by atoms with Gasteiger partial charge in [-0.15, -0.1) is 0 Å². The van der Waals surface area contributed by atoms with Crippen molar-refractivity contribution in [3.63, 3.8) is 0 Å². The van der Waals surface area contributed by atoms with E-state index < -0.39 is 29.1 Å². The SMILES string of the molecule is Cc1c(F)c(F)cc(N2CCN(Cc3cc(-c4ccccc4)n(-c4ccc(F)cc4F)c3C)CC2)c1F. The van der Waals surface area contributed by atoms with Crippen LogP contribution in [0.2, 0.25) is 0 Å². The molecule has 37 heavy (non-hydrogen) atoms. The molecule has 8 heteroatoms. The van der Waals surface area contributed by atoms with Crippen LogP contribution in [0, 0.1) is 42.9 Å². The molecule has 0 spiro atoms. The van der Waals surface area contributed by atoms with E-state index in [1.165, 1.54) is 19.1 Å². The number of aromatic nitrogens is 1. The number of hydrogen-bond acceptors (Lipinski definition) is 2. The summed E-state index contributed by atoms with van der Waals surface area (Å²) in [5.74, 6) is -4.26. The lowest BCUT2D eigenvalue weighted by molar-refractivity contribution is 0.248. The lowest BCUT2D eigenvalue weighted by Gasteiger charge is -2.36. The second kappa shape index (κ2) is 10.0. The molecule has 1 saturated heterocycles. The Bertz CT molecular complexity index is 1440. The Morgan fingerprint density at radius 1 is 0.703 bits per heavy atom. The van der Waals surface area contributed by atoms with E-state index >= 15 is 0 Å². The maximum absolute atomic E-state index is 14.8. The Balaban J connectivity index is 1.41. The molecule has 3 nitrogen and oxygen atoms in total. The Morgan fingerprint density at radius 2 is 1.41 bits per heavy atom. The van der Waals surface area contributed by atoms with Crippen molar-refractivity contribution < 1.29 is 22.0 Å².